The molecule has 1 aromatic rings. The van der Waals surface area contributed by atoms with Crippen molar-refractivity contribution >= 4 is 17.7 Å². The van der Waals surface area contributed by atoms with Crippen molar-refractivity contribution in [2.75, 3.05) is 18.1 Å². The predicted octanol–water partition coefficient (Wildman–Crippen LogP) is 3.33. The Morgan fingerprint density at radius 1 is 1.44 bits per heavy atom. The van der Waals surface area contributed by atoms with Gasteiger partial charge in [-0.1, -0.05) is 6.92 Å². The molecule has 0 aliphatic heterocycles. The van der Waals surface area contributed by atoms with Gasteiger partial charge in [-0.25, -0.2) is 4.98 Å². The Kier molecular flexibility index (Phi) is 5.19. The second-order valence-corrected chi connectivity index (χ2v) is 5.74. The Bertz CT molecular complexity index is 320. The third-order valence-corrected chi connectivity index (χ3v) is 3.69. The highest BCUT2D eigenvalue weighted by atomic mass is 32.2. The fraction of sp³-hybridized carbons (Fsp3) is 0.750. The monoisotopic (exact) mass is 241 g/mol. The first-order chi connectivity index (χ1) is 7.54. The van der Waals surface area contributed by atoms with Crippen LogP contribution in [-0.2, 0) is 0 Å². The number of rotatable bonds is 6. The summed E-state index contributed by atoms with van der Waals surface area (Å²) < 4.78 is 2.19. The topological polar surface area (TPSA) is 29.9 Å². The van der Waals surface area contributed by atoms with Crippen LogP contribution in [0.15, 0.2) is 6.20 Å². The quantitative estimate of drug-likeness (QED) is 0.828. The van der Waals surface area contributed by atoms with Crippen LogP contribution in [0.3, 0.4) is 0 Å². The van der Waals surface area contributed by atoms with E-state index in [0.717, 1.165) is 18.2 Å². The summed E-state index contributed by atoms with van der Waals surface area (Å²) in [4.78, 5) is 4.50. The van der Waals surface area contributed by atoms with E-state index in [1.165, 1.54) is 6.42 Å². The lowest BCUT2D eigenvalue weighted by Crippen LogP contribution is -2.12. The van der Waals surface area contributed by atoms with E-state index in [9.17, 15) is 0 Å². The van der Waals surface area contributed by atoms with E-state index in [-0.39, 0.29) is 0 Å². The SMILES string of the molecule is CSC(C)CCNc1nc(C)cn1C(C)C. The molecule has 0 saturated heterocycles. The zero-order chi connectivity index (χ0) is 12.1. The van der Waals surface area contributed by atoms with Gasteiger partial charge in [0.25, 0.3) is 0 Å². The Morgan fingerprint density at radius 2 is 2.12 bits per heavy atom. The van der Waals surface area contributed by atoms with Crippen LogP contribution in [0, 0.1) is 6.92 Å². The summed E-state index contributed by atoms with van der Waals surface area (Å²) in [6.45, 7) is 9.64. The lowest BCUT2D eigenvalue weighted by atomic mass is 10.3. The lowest BCUT2D eigenvalue weighted by molar-refractivity contribution is 0.603. The van der Waals surface area contributed by atoms with Gasteiger partial charge in [0.15, 0.2) is 0 Å². The molecular formula is C12H23N3S. The second kappa shape index (κ2) is 6.18. The second-order valence-electron chi connectivity index (χ2n) is 4.47. The highest BCUT2D eigenvalue weighted by Crippen LogP contribution is 2.16. The minimum absolute atomic E-state index is 0.460. The van der Waals surface area contributed by atoms with Gasteiger partial charge in [0.05, 0.1) is 5.69 Å². The van der Waals surface area contributed by atoms with Gasteiger partial charge in [-0.2, -0.15) is 11.8 Å². The van der Waals surface area contributed by atoms with Crippen molar-refractivity contribution < 1.29 is 0 Å². The average molecular weight is 241 g/mol. The Labute approximate surface area is 103 Å². The largest absolute Gasteiger partial charge is 0.356 e. The zero-order valence-corrected chi connectivity index (χ0v) is 11.8. The molecule has 1 rings (SSSR count). The van der Waals surface area contributed by atoms with Gasteiger partial charge >= 0.3 is 0 Å². The Balaban J connectivity index is 2.53. The first-order valence-electron chi connectivity index (χ1n) is 5.86. The number of aromatic nitrogens is 2. The van der Waals surface area contributed by atoms with Gasteiger partial charge in [0, 0.05) is 24.0 Å². The summed E-state index contributed by atoms with van der Waals surface area (Å²) in [5, 5.41) is 4.12. The molecule has 1 atom stereocenters. The maximum Gasteiger partial charge on any atom is 0.203 e. The van der Waals surface area contributed by atoms with E-state index in [0.29, 0.717) is 11.3 Å². The summed E-state index contributed by atoms with van der Waals surface area (Å²) in [5.41, 5.74) is 1.08. The first-order valence-corrected chi connectivity index (χ1v) is 7.15. The molecule has 3 nitrogen and oxygen atoms in total. The van der Waals surface area contributed by atoms with Crippen LogP contribution in [0.4, 0.5) is 5.95 Å². The minimum Gasteiger partial charge on any atom is -0.356 e. The molecule has 0 aliphatic carbocycles. The molecule has 4 heteroatoms. The van der Waals surface area contributed by atoms with Gasteiger partial charge < -0.3 is 9.88 Å². The number of hydrogen-bond donors (Lipinski definition) is 1. The van der Waals surface area contributed by atoms with Gasteiger partial charge in [0.1, 0.15) is 0 Å². The van der Waals surface area contributed by atoms with Crippen LogP contribution in [0.1, 0.15) is 38.9 Å². The summed E-state index contributed by atoms with van der Waals surface area (Å²) >= 11 is 1.91. The molecule has 0 saturated carbocycles. The van der Waals surface area contributed by atoms with E-state index in [1.54, 1.807) is 0 Å². The number of hydrogen-bond acceptors (Lipinski definition) is 3. The predicted molar refractivity (Wildman–Crippen MR) is 73.4 cm³/mol. The fourth-order valence-corrected chi connectivity index (χ4v) is 1.90. The lowest BCUT2D eigenvalue weighted by Gasteiger charge is -2.13. The van der Waals surface area contributed by atoms with Crippen LogP contribution in [-0.4, -0.2) is 27.6 Å². The van der Waals surface area contributed by atoms with E-state index >= 15 is 0 Å². The molecule has 1 N–H and O–H groups in total. The minimum atomic E-state index is 0.460. The van der Waals surface area contributed by atoms with Crippen molar-refractivity contribution in [3.8, 4) is 0 Å². The number of anilines is 1. The van der Waals surface area contributed by atoms with Crippen LogP contribution in [0.5, 0.6) is 0 Å². The average Bonchev–Trinajstić information content (AvgIpc) is 2.59. The third kappa shape index (κ3) is 3.74. The summed E-state index contributed by atoms with van der Waals surface area (Å²) in [6, 6.07) is 0.460. The molecule has 1 aromatic heterocycles. The number of nitrogens with zero attached hydrogens (tertiary/aromatic N) is 2. The molecular weight excluding hydrogens is 218 g/mol. The Hall–Kier alpha value is -0.640. The van der Waals surface area contributed by atoms with Crippen molar-refractivity contribution in [3.63, 3.8) is 0 Å². The molecule has 1 unspecified atom stereocenters. The van der Waals surface area contributed by atoms with Gasteiger partial charge in [-0.3, -0.25) is 0 Å². The molecule has 0 aliphatic rings. The van der Waals surface area contributed by atoms with Crippen LogP contribution < -0.4 is 5.32 Å². The number of imidazole rings is 1. The third-order valence-electron chi connectivity index (χ3n) is 2.65. The molecule has 92 valence electrons. The molecule has 16 heavy (non-hydrogen) atoms. The van der Waals surface area contributed by atoms with Crippen LogP contribution in [0.25, 0.3) is 0 Å². The van der Waals surface area contributed by atoms with E-state index in [1.807, 2.05) is 18.7 Å². The van der Waals surface area contributed by atoms with Crippen molar-refractivity contribution in [3.05, 3.63) is 11.9 Å². The molecule has 0 spiro atoms. The highest BCUT2D eigenvalue weighted by Gasteiger charge is 2.08. The van der Waals surface area contributed by atoms with Crippen molar-refractivity contribution in [2.45, 2.75) is 45.4 Å². The summed E-state index contributed by atoms with van der Waals surface area (Å²) in [7, 11) is 0. The summed E-state index contributed by atoms with van der Waals surface area (Å²) in [6.07, 6.45) is 5.43. The summed E-state index contributed by atoms with van der Waals surface area (Å²) in [5.74, 6) is 1.00. The van der Waals surface area contributed by atoms with Crippen molar-refractivity contribution in [1.29, 1.82) is 0 Å². The molecule has 0 radical (unpaired) electrons. The van der Waals surface area contributed by atoms with Gasteiger partial charge in [-0.05, 0) is 33.4 Å². The molecule has 0 amide bonds. The number of aryl methyl sites for hydroxylation is 1. The zero-order valence-electron chi connectivity index (χ0n) is 10.9. The van der Waals surface area contributed by atoms with E-state index in [2.05, 4.69) is 48.1 Å². The number of nitrogens with one attached hydrogen (secondary N) is 1. The van der Waals surface area contributed by atoms with Crippen molar-refractivity contribution in [1.82, 2.24) is 9.55 Å². The smallest absolute Gasteiger partial charge is 0.203 e. The van der Waals surface area contributed by atoms with Gasteiger partial charge in [-0.15, -0.1) is 0 Å². The standard InChI is InChI=1S/C12H23N3S/c1-9(2)15-8-10(3)14-12(15)13-7-6-11(4)16-5/h8-9,11H,6-7H2,1-5H3,(H,13,14). The Morgan fingerprint density at radius 3 is 2.69 bits per heavy atom. The molecule has 0 fully saturated rings. The van der Waals surface area contributed by atoms with Crippen LogP contribution in [0.2, 0.25) is 0 Å². The maximum atomic E-state index is 4.50. The van der Waals surface area contributed by atoms with E-state index < -0.39 is 0 Å². The normalized spacial score (nSPS) is 13.1. The molecule has 0 bridgehead atoms. The van der Waals surface area contributed by atoms with Crippen molar-refractivity contribution in [2.24, 2.45) is 0 Å². The molecule has 0 aromatic carbocycles. The van der Waals surface area contributed by atoms with Gasteiger partial charge in [0.2, 0.25) is 5.95 Å². The molecule has 1 heterocycles. The number of thioether (sulfide) groups is 1. The van der Waals surface area contributed by atoms with E-state index in [4.69, 9.17) is 0 Å². The first kappa shape index (κ1) is 13.4. The maximum absolute atomic E-state index is 4.50. The fourth-order valence-electron chi connectivity index (χ4n) is 1.55. The highest BCUT2D eigenvalue weighted by molar-refractivity contribution is 7.99. The van der Waals surface area contributed by atoms with Crippen LogP contribution >= 0.6 is 11.8 Å².